The molecule has 0 saturated heterocycles. The van der Waals surface area contributed by atoms with Crippen molar-refractivity contribution < 1.29 is 9.52 Å². The number of hydrogen-bond donors (Lipinski definition) is 1. The molecule has 5 heteroatoms. The van der Waals surface area contributed by atoms with Crippen LogP contribution in [0.5, 0.6) is 0 Å². The molecule has 74 valence electrons. The van der Waals surface area contributed by atoms with E-state index in [0.29, 0.717) is 5.76 Å². The van der Waals surface area contributed by atoms with Crippen molar-refractivity contribution in [3.8, 4) is 0 Å². The van der Waals surface area contributed by atoms with Crippen LogP contribution in [-0.4, -0.2) is 5.11 Å². The van der Waals surface area contributed by atoms with Gasteiger partial charge in [-0.05, 0) is 50.1 Å². The predicted molar refractivity (Wildman–Crippen MR) is 62.5 cm³/mol. The molecular formula is C9H6Br2O2S. The Kier molecular flexibility index (Phi) is 3.11. The molecule has 0 radical (unpaired) electrons. The Hall–Kier alpha value is -0.100. The Bertz CT molecular complexity index is 422. The molecule has 2 nitrogen and oxygen atoms in total. The number of rotatable bonds is 2. The number of aliphatic hydroxyl groups excluding tert-OH is 1. The van der Waals surface area contributed by atoms with Crippen molar-refractivity contribution in [2.24, 2.45) is 0 Å². The minimum absolute atomic E-state index is 0.552. The molecule has 0 saturated carbocycles. The molecule has 2 aromatic heterocycles. The molecule has 0 spiro atoms. The molecule has 0 bridgehead atoms. The van der Waals surface area contributed by atoms with E-state index in [1.807, 2.05) is 6.07 Å². The lowest BCUT2D eigenvalue weighted by molar-refractivity contribution is 0.189. The summed E-state index contributed by atoms with van der Waals surface area (Å²) in [6, 6.07) is 5.39. The van der Waals surface area contributed by atoms with Gasteiger partial charge in [0, 0.05) is 5.56 Å². The minimum Gasteiger partial charge on any atom is -0.466 e. The molecule has 0 aliphatic heterocycles. The zero-order chi connectivity index (χ0) is 10.1. The minimum atomic E-state index is -0.707. The summed E-state index contributed by atoms with van der Waals surface area (Å²) in [6.07, 6.45) is 0.843. The lowest BCUT2D eigenvalue weighted by atomic mass is 10.1. The van der Waals surface area contributed by atoms with Crippen LogP contribution in [0.15, 0.2) is 36.5 Å². The van der Waals surface area contributed by atoms with E-state index in [0.717, 1.165) is 13.1 Å². The zero-order valence-electron chi connectivity index (χ0n) is 6.91. The first-order chi connectivity index (χ1) is 6.68. The summed E-state index contributed by atoms with van der Waals surface area (Å²) in [4.78, 5) is 0. The average molecular weight is 338 g/mol. The van der Waals surface area contributed by atoms with Gasteiger partial charge in [0.1, 0.15) is 11.9 Å². The van der Waals surface area contributed by atoms with Crippen molar-refractivity contribution in [2.45, 2.75) is 6.10 Å². The summed E-state index contributed by atoms with van der Waals surface area (Å²) in [7, 11) is 0. The molecule has 2 rings (SSSR count). The molecule has 0 aliphatic carbocycles. The van der Waals surface area contributed by atoms with E-state index in [-0.39, 0.29) is 0 Å². The fourth-order valence-corrected chi connectivity index (χ4v) is 4.02. The number of hydrogen-bond acceptors (Lipinski definition) is 3. The van der Waals surface area contributed by atoms with E-state index < -0.39 is 6.10 Å². The predicted octanol–water partition coefficient (Wildman–Crippen LogP) is 3.95. The molecule has 14 heavy (non-hydrogen) atoms. The summed E-state index contributed by atoms with van der Waals surface area (Å²) >= 11 is 8.28. The Labute approximate surface area is 102 Å². The van der Waals surface area contributed by atoms with E-state index in [1.165, 1.54) is 11.3 Å². The lowest BCUT2D eigenvalue weighted by Gasteiger charge is -2.05. The van der Waals surface area contributed by atoms with Gasteiger partial charge in [-0.2, -0.15) is 0 Å². The second-order valence-electron chi connectivity index (χ2n) is 2.70. The number of furan rings is 1. The van der Waals surface area contributed by atoms with Gasteiger partial charge in [-0.25, -0.2) is 0 Å². The molecule has 2 aromatic rings. The molecular weight excluding hydrogens is 332 g/mol. The van der Waals surface area contributed by atoms with Gasteiger partial charge in [0.25, 0.3) is 0 Å². The molecule has 0 aromatic carbocycles. The molecule has 1 N–H and O–H groups in total. The molecule has 0 fully saturated rings. The van der Waals surface area contributed by atoms with Crippen molar-refractivity contribution in [1.82, 2.24) is 0 Å². The van der Waals surface area contributed by atoms with Crippen molar-refractivity contribution in [3.05, 3.63) is 43.4 Å². The lowest BCUT2D eigenvalue weighted by Crippen LogP contribution is -1.96. The summed E-state index contributed by atoms with van der Waals surface area (Å²) < 4.78 is 7.02. The topological polar surface area (TPSA) is 33.4 Å². The molecule has 2 heterocycles. The van der Waals surface area contributed by atoms with Crippen LogP contribution in [0, 0.1) is 0 Å². The van der Waals surface area contributed by atoms with Gasteiger partial charge < -0.3 is 9.52 Å². The number of aliphatic hydroxyl groups is 1. The Morgan fingerprint density at radius 2 is 2.21 bits per heavy atom. The van der Waals surface area contributed by atoms with Crippen LogP contribution in [0.4, 0.5) is 0 Å². The van der Waals surface area contributed by atoms with Crippen molar-refractivity contribution >= 4 is 43.2 Å². The fraction of sp³-hybridized carbons (Fsp3) is 0.111. The Morgan fingerprint density at radius 3 is 2.71 bits per heavy atom. The summed E-state index contributed by atoms with van der Waals surface area (Å²) in [5.74, 6) is 0.552. The SMILES string of the molecule is OC(c1ccco1)c1cc(Br)sc1Br. The van der Waals surface area contributed by atoms with Gasteiger partial charge in [0.15, 0.2) is 0 Å². The number of halogens is 2. The maximum Gasteiger partial charge on any atom is 0.139 e. The first-order valence-corrected chi connectivity index (χ1v) is 6.25. The summed E-state index contributed by atoms with van der Waals surface area (Å²) in [6.45, 7) is 0. The van der Waals surface area contributed by atoms with E-state index in [9.17, 15) is 5.11 Å². The van der Waals surface area contributed by atoms with Gasteiger partial charge in [-0.1, -0.05) is 0 Å². The van der Waals surface area contributed by atoms with Gasteiger partial charge in [-0.3, -0.25) is 0 Å². The zero-order valence-corrected chi connectivity index (χ0v) is 10.9. The third-order valence-electron chi connectivity index (χ3n) is 1.79. The van der Waals surface area contributed by atoms with Gasteiger partial charge in [-0.15, -0.1) is 11.3 Å². The van der Waals surface area contributed by atoms with Crippen molar-refractivity contribution in [3.63, 3.8) is 0 Å². The maximum atomic E-state index is 9.94. The third kappa shape index (κ3) is 1.95. The van der Waals surface area contributed by atoms with Crippen LogP contribution in [0.1, 0.15) is 17.4 Å². The van der Waals surface area contributed by atoms with E-state index in [4.69, 9.17) is 4.42 Å². The second kappa shape index (κ2) is 4.18. The summed E-state index contributed by atoms with van der Waals surface area (Å²) in [5.41, 5.74) is 0.817. The maximum absolute atomic E-state index is 9.94. The van der Waals surface area contributed by atoms with Crippen LogP contribution < -0.4 is 0 Å². The highest BCUT2D eigenvalue weighted by molar-refractivity contribution is 9.12. The Morgan fingerprint density at radius 1 is 1.43 bits per heavy atom. The fourth-order valence-electron chi connectivity index (χ4n) is 1.14. The molecule has 1 atom stereocenters. The first kappa shape index (κ1) is 10.4. The van der Waals surface area contributed by atoms with Crippen LogP contribution in [-0.2, 0) is 0 Å². The van der Waals surface area contributed by atoms with Crippen LogP contribution >= 0.6 is 43.2 Å². The number of thiophene rings is 1. The van der Waals surface area contributed by atoms with Crippen LogP contribution in [0.25, 0.3) is 0 Å². The van der Waals surface area contributed by atoms with E-state index in [1.54, 1.807) is 18.4 Å². The van der Waals surface area contributed by atoms with E-state index >= 15 is 0 Å². The molecule has 0 aliphatic rings. The monoisotopic (exact) mass is 336 g/mol. The van der Waals surface area contributed by atoms with E-state index in [2.05, 4.69) is 31.9 Å². The van der Waals surface area contributed by atoms with Gasteiger partial charge in [0.05, 0.1) is 13.8 Å². The van der Waals surface area contributed by atoms with Crippen molar-refractivity contribution in [1.29, 1.82) is 0 Å². The van der Waals surface area contributed by atoms with Gasteiger partial charge in [0.2, 0.25) is 0 Å². The van der Waals surface area contributed by atoms with Crippen molar-refractivity contribution in [2.75, 3.05) is 0 Å². The smallest absolute Gasteiger partial charge is 0.139 e. The highest BCUT2D eigenvalue weighted by Gasteiger charge is 2.18. The normalized spacial score (nSPS) is 13.1. The van der Waals surface area contributed by atoms with Crippen LogP contribution in [0.2, 0.25) is 0 Å². The van der Waals surface area contributed by atoms with Crippen LogP contribution in [0.3, 0.4) is 0 Å². The molecule has 0 amide bonds. The highest BCUT2D eigenvalue weighted by Crippen LogP contribution is 2.37. The average Bonchev–Trinajstić information content (AvgIpc) is 2.73. The second-order valence-corrected chi connectivity index (χ2v) is 6.45. The standard InChI is InChI=1S/C9H6Br2O2S/c10-7-4-5(9(11)14-7)8(12)6-2-1-3-13-6/h1-4,8,12H. The Balaban J connectivity index is 2.36. The molecule has 1 unspecified atom stereocenters. The largest absolute Gasteiger partial charge is 0.466 e. The highest BCUT2D eigenvalue weighted by atomic mass is 79.9. The quantitative estimate of drug-likeness (QED) is 0.900. The van der Waals surface area contributed by atoms with Gasteiger partial charge >= 0.3 is 0 Å². The summed E-state index contributed by atoms with van der Waals surface area (Å²) in [5, 5.41) is 9.94. The third-order valence-corrected chi connectivity index (χ3v) is 4.18. The first-order valence-electron chi connectivity index (χ1n) is 3.84.